The van der Waals surface area contributed by atoms with Crippen LogP contribution in [0.15, 0.2) is 18.2 Å². The number of anilines is 1. The lowest BCUT2D eigenvalue weighted by molar-refractivity contribution is -0.137. The van der Waals surface area contributed by atoms with E-state index in [0.29, 0.717) is 11.7 Å². The minimum atomic E-state index is -4.38. The predicted octanol–water partition coefficient (Wildman–Crippen LogP) is 3.69. The van der Waals surface area contributed by atoms with E-state index in [9.17, 15) is 13.2 Å². The summed E-state index contributed by atoms with van der Waals surface area (Å²) in [7, 11) is 0. The van der Waals surface area contributed by atoms with Crippen LogP contribution in [-0.2, 0) is 6.18 Å². The molecule has 3 N–H and O–H groups in total. The number of rotatable bonds is 3. The molecule has 0 spiro atoms. The van der Waals surface area contributed by atoms with E-state index >= 15 is 0 Å². The van der Waals surface area contributed by atoms with E-state index in [1.807, 2.05) is 0 Å². The molecule has 2 rings (SSSR count). The molecule has 1 aliphatic rings. The van der Waals surface area contributed by atoms with Crippen LogP contribution in [0.3, 0.4) is 0 Å². The minimum absolute atomic E-state index is 0.0217. The topological polar surface area (TPSA) is 38.0 Å². The summed E-state index contributed by atoms with van der Waals surface area (Å²) in [6.07, 6.45) is -0.0531. The fraction of sp³-hybridized carbons (Fsp3) is 0.462. The Morgan fingerprint density at radius 2 is 1.89 bits per heavy atom. The van der Waals surface area contributed by atoms with Crippen LogP contribution in [0, 0.1) is 0 Å². The molecule has 0 radical (unpaired) electrons. The second-order valence-electron chi connectivity index (χ2n) is 4.75. The number of hydrogen-bond donors (Lipinski definition) is 2. The van der Waals surface area contributed by atoms with E-state index in [-0.39, 0.29) is 10.6 Å². The second-order valence-corrected chi connectivity index (χ2v) is 5.19. The number of alkyl halides is 3. The van der Waals surface area contributed by atoms with Gasteiger partial charge in [0, 0.05) is 17.3 Å². The Kier molecular flexibility index (Phi) is 3.99. The largest absolute Gasteiger partial charge is 0.416 e. The van der Waals surface area contributed by atoms with E-state index in [0.717, 1.165) is 37.8 Å². The molecular formula is C13H15F3N2S. The summed E-state index contributed by atoms with van der Waals surface area (Å²) in [5, 5.41) is 3.23. The van der Waals surface area contributed by atoms with Gasteiger partial charge in [0.2, 0.25) is 0 Å². The first kappa shape index (κ1) is 14.1. The molecule has 0 saturated heterocycles. The smallest absolute Gasteiger partial charge is 0.389 e. The predicted molar refractivity (Wildman–Crippen MR) is 73.2 cm³/mol. The summed E-state index contributed by atoms with van der Waals surface area (Å²) in [4.78, 5) is -0.0217. The molecule has 0 heterocycles. The SMILES string of the molecule is NC(=S)c1cc(C(F)(F)F)ccc1NC1CCCC1. The Morgan fingerprint density at radius 3 is 2.42 bits per heavy atom. The van der Waals surface area contributed by atoms with E-state index in [1.165, 1.54) is 6.07 Å². The van der Waals surface area contributed by atoms with Gasteiger partial charge in [-0.1, -0.05) is 25.1 Å². The highest BCUT2D eigenvalue weighted by molar-refractivity contribution is 7.80. The highest BCUT2D eigenvalue weighted by Gasteiger charge is 2.31. The Hall–Kier alpha value is -1.30. The maximum atomic E-state index is 12.7. The van der Waals surface area contributed by atoms with Crippen LogP contribution in [0.1, 0.15) is 36.8 Å². The molecule has 0 bridgehead atoms. The van der Waals surface area contributed by atoms with Gasteiger partial charge in [-0.05, 0) is 31.0 Å². The lowest BCUT2D eigenvalue weighted by Gasteiger charge is -2.18. The first-order valence-corrected chi connectivity index (χ1v) is 6.56. The number of hydrogen-bond acceptors (Lipinski definition) is 2. The van der Waals surface area contributed by atoms with E-state index in [1.54, 1.807) is 0 Å². The monoisotopic (exact) mass is 288 g/mol. The summed E-state index contributed by atoms with van der Waals surface area (Å²) < 4.78 is 38.0. The number of thiocarbonyl (C=S) groups is 1. The number of benzene rings is 1. The molecule has 1 aromatic rings. The second kappa shape index (κ2) is 5.36. The van der Waals surface area contributed by atoms with Gasteiger partial charge in [-0.15, -0.1) is 0 Å². The zero-order valence-electron chi connectivity index (χ0n) is 10.3. The normalized spacial score (nSPS) is 16.6. The van der Waals surface area contributed by atoms with Gasteiger partial charge < -0.3 is 11.1 Å². The van der Waals surface area contributed by atoms with Crippen molar-refractivity contribution in [2.24, 2.45) is 5.73 Å². The number of nitrogens with two attached hydrogens (primary N) is 1. The van der Waals surface area contributed by atoms with Gasteiger partial charge >= 0.3 is 6.18 Å². The van der Waals surface area contributed by atoms with E-state index < -0.39 is 11.7 Å². The molecule has 1 aromatic carbocycles. The van der Waals surface area contributed by atoms with Gasteiger partial charge in [-0.25, -0.2) is 0 Å². The summed E-state index contributed by atoms with van der Waals surface area (Å²) in [5.41, 5.74) is 5.65. The summed E-state index contributed by atoms with van der Waals surface area (Å²) in [6, 6.07) is 3.78. The fourth-order valence-corrected chi connectivity index (χ4v) is 2.51. The first-order valence-electron chi connectivity index (χ1n) is 6.15. The fourth-order valence-electron chi connectivity index (χ4n) is 2.34. The third-order valence-corrected chi connectivity index (χ3v) is 3.55. The number of nitrogens with one attached hydrogen (secondary N) is 1. The van der Waals surface area contributed by atoms with Gasteiger partial charge in [-0.3, -0.25) is 0 Å². The molecule has 2 nitrogen and oxygen atoms in total. The first-order chi connectivity index (χ1) is 8.88. The van der Waals surface area contributed by atoms with E-state index in [2.05, 4.69) is 5.32 Å². The lowest BCUT2D eigenvalue weighted by atomic mass is 10.1. The summed E-state index contributed by atoms with van der Waals surface area (Å²) >= 11 is 4.84. The third kappa shape index (κ3) is 3.37. The van der Waals surface area contributed by atoms with Crippen LogP contribution in [0.25, 0.3) is 0 Å². The van der Waals surface area contributed by atoms with Crippen molar-refractivity contribution in [3.63, 3.8) is 0 Å². The molecule has 6 heteroatoms. The Morgan fingerprint density at radius 1 is 1.26 bits per heavy atom. The highest BCUT2D eigenvalue weighted by Crippen LogP contribution is 2.33. The maximum absolute atomic E-state index is 12.7. The maximum Gasteiger partial charge on any atom is 0.416 e. The van der Waals surface area contributed by atoms with E-state index in [4.69, 9.17) is 18.0 Å². The van der Waals surface area contributed by atoms with Crippen LogP contribution in [0.5, 0.6) is 0 Å². The van der Waals surface area contributed by atoms with Crippen molar-refractivity contribution >= 4 is 22.9 Å². The Bertz CT molecular complexity index is 479. The molecule has 1 saturated carbocycles. The lowest BCUT2D eigenvalue weighted by Crippen LogP contribution is -2.20. The van der Waals surface area contributed by atoms with Crippen molar-refractivity contribution in [2.75, 3.05) is 5.32 Å². The third-order valence-electron chi connectivity index (χ3n) is 3.33. The van der Waals surface area contributed by atoms with Crippen LogP contribution >= 0.6 is 12.2 Å². The average molecular weight is 288 g/mol. The molecule has 104 valence electrons. The Labute approximate surface area is 115 Å². The standard InChI is InChI=1S/C13H15F3N2S/c14-13(15,16)8-5-6-11(10(7-8)12(17)19)18-9-3-1-2-4-9/h5-7,9,18H,1-4H2,(H2,17,19). The van der Waals surface area contributed by atoms with Crippen LogP contribution in [0.4, 0.5) is 18.9 Å². The van der Waals surface area contributed by atoms with Gasteiger partial charge in [0.1, 0.15) is 4.99 Å². The van der Waals surface area contributed by atoms with Gasteiger partial charge in [0.05, 0.1) is 5.56 Å². The van der Waals surface area contributed by atoms with Crippen molar-refractivity contribution in [3.8, 4) is 0 Å². The zero-order valence-corrected chi connectivity index (χ0v) is 11.1. The quantitative estimate of drug-likeness (QED) is 0.833. The van der Waals surface area contributed by atoms with Crippen LogP contribution in [-0.4, -0.2) is 11.0 Å². The summed E-state index contributed by atoms with van der Waals surface area (Å²) in [5.74, 6) is 0. The van der Waals surface area contributed by atoms with Crippen molar-refractivity contribution < 1.29 is 13.2 Å². The van der Waals surface area contributed by atoms with Crippen molar-refractivity contribution in [1.29, 1.82) is 0 Å². The molecule has 1 fully saturated rings. The molecule has 0 aliphatic heterocycles. The minimum Gasteiger partial charge on any atom is -0.389 e. The molecular weight excluding hydrogens is 273 g/mol. The molecule has 0 unspecified atom stereocenters. The molecule has 0 aromatic heterocycles. The molecule has 0 amide bonds. The molecule has 1 aliphatic carbocycles. The summed E-state index contributed by atoms with van der Waals surface area (Å²) in [6.45, 7) is 0. The Balaban J connectivity index is 2.29. The average Bonchev–Trinajstić information content (AvgIpc) is 2.80. The van der Waals surface area contributed by atoms with Crippen molar-refractivity contribution in [3.05, 3.63) is 29.3 Å². The van der Waals surface area contributed by atoms with Gasteiger partial charge in [0.25, 0.3) is 0 Å². The van der Waals surface area contributed by atoms with Crippen LogP contribution in [0.2, 0.25) is 0 Å². The number of halogens is 3. The van der Waals surface area contributed by atoms with Crippen molar-refractivity contribution in [1.82, 2.24) is 0 Å². The van der Waals surface area contributed by atoms with Gasteiger partial charge in [-0.2, -0.15) is 13.2 Å². The van der Waals surface area contributed by atoms with Crippen LogP contribution < -0.4 is 11.1 Å². The highest BCUT2D eigenvalue weighted by atomic mass is 32.1. The molecule has 19 heavy (non-hydrogen) atoms. The van der Waals surface area contributed by atoms with Crippen molar-refractivity contribution in [2.45, 2.75) is 37.9 Å². The molecule has 0 atom stereocenters. The van der Waals surface area contributed by atoms with Gasteiger partial charge in [0.15, 0.2) is 0 Å². The zero-order chi connectivity index (χ0) is 14.0.